The molecule has 1 N–H and O–H groups in total. The van der Waals surface area contributed by atoms with Crippen molar-refractivity contribution in [2.24, 2.45) is 0 Å². The number of H-pyrrole nitrogens is 1. The molecule has 1 unspecified atom stereocenters. The molecular weight excluding hydrogens is 298 g/mol. The van der Waals surface area contributed by atoms with Gasteiger partial charge in [-0.1, -0.05) is 12.5 Å². The van der Waals surface area contributed by atoms with Crippen LogP contribution in [-0.4, -0.2) is 60.2 Å². The molecule has 130 valence electrons. The Labute approximate surface area is 144 Å². The third kappa shape index (κ3) is 3.45. The van der Waals surface area contributed by atoms with E-state index in [0.29, 0.717) is 6.10 Å². The average Bonchev–Trinajstić information content (AvgIpc) is 3.08. The molecule has 2 aliphatic rings. The number of piperidine rings is 2. The van der Waals surface area contributed by atoms with E-state index in [1.54, 1.807) is 0 Å². The zero-order valence-corrected chi connectivity index (χ0v) is 14.7. The second kappa shape index (κ2) is 7.16. The Morgan fingerprint density at radius 3 is 2.79 bits per heavy atom. The highest BCUT2D eigenvalue weighted by atomic mass is 16.5. The Morgan fingerprint density at radius 2 is 1.96 bits per heavy atom. The molecule has 2 saturated heterocycles. The largest absolute Gasteiger partial charge is 0.490 e. The van der Waals surface area contributed by atoms with Crippen LogP contribution in [0.5, 0.6) is 5.75 Å². The molecule has 0 bridgehead atoms. The van der Waals surface area contributed by atoms with Gasteiger partial charge in [0.25, 0.3) is 0 Å². The van der Waals surface area contributed by atoms with Crippen LogP contribution in [0.3, 0.4) is 0 Å². The number of hydrogen-bond donors (Lipinski definition) is 1. The first-order valence-electron chi connectivity index (χ1n) is 9.45. The minimum absolute atomic E-state index is 0.353. The normalized spacial score (nSPS) is 24.5. The van der Waals surface area contributed by atoms with Gasteiger partial charge in [0.2, 0.25) is 0 Å². The number of benzene rings is 1. The van der Waals surface area contributed by atoms with Crippen LogP contribution in [0.4, 0.5) is 0 Å². The summed E-state index contributed by atoms with van der Waals surface area (Å²) in [6, 6.07) is 9.14. The lowest BCUT2D eigenvalue weighted by atomic mass is 10.0. The van der Waals surface area contributed by atoms with Crippen molar-refractivity contribution in [2.45, 2.75) is 44.2 Å². The van der Waals surface area contributed by atoms with Crippen molar-refractivity contribution >= 4 is 10.9 Å². The number of aromatic nitrogens is 1. The first-order chi connectivity index (χ1) is 11.8. The van der Waals surface area contributed by atoms with Crippen LogP contribution in [0.25, 0.3) is 10.9 Å². The molecule has 2 fully saturated rings. The fraction of sp³-hybridized carbons (Fsp3) is 0.600. The van der Waals surface area contributed by atoms with Crippen molar-refractivity contribution in [2.75, 3.05) is 33.2 Å². The van der Waals surface area contributed by atoms with Gasteiger partial charge in [-0.05, 0) is 57.5 Å². The van der Waals surface area contributed by atoms with Gasteiger partial charge in [0.1, 0.15) is 11.9 Å². The summed E-state index contributed by atoms with van der Waals surface area (Å²) in [5.74, 6) is 1.03. The monoisotopic (exact) mass is 327 g/mol. The van der Waals surface area contributed by atoms with E-state index in [1.807, 2.05) is 6.20 Å². The Hall–Kier alpha value is -1.52. The number of rotatable bonds is 4. The van der Waals surface area contributed by atoms with E-state index in [1.165, 1.54) is 37.7 Å². The van der Waals surface area contributed by atoms with Crippen LogP contribution in [0.2, 0.25) is 0 Å². The van der Waals surface area contributed by atoms with Crippen LogP contribution < -0.4 is 4.74 Å². The fourth-order valence-electron chi connectivity index (χ4n) is 4.22. The number of likely N-dealkylation sites (tertiary alicyclic amines) is 2. The summed E-state index contributed by atoms with van der Waals surface area (Å²) in [6.45, 7) is 4.83. The zero-order valence-electron chi connectivity index (χ0n) is 14.7. The van der Waals surface area contributed by atoms with Crippen molar-refractivity contribution in [1.29, 1.82) is 0 Å². The minimum atomic E-state index is 0.353. The molecule has 4 nitrogen and oxygen atoms in total. The molecule has 2 aliphatic heterocycles. The van der Waals surface area contributed by atoms with E-state index >= 15 is 0 Å². The summed E-state index contributed by atoms with van der Waals surface area (Å²) < 4.78 is 6.33. The van der Waals surface area contributed by atoms with Gasteiger partial charge in [-0.2, -0.15) is 0 Å². The molecule has 0 amide bonds. The van der Waals surface area contributed by atoms with Gasteiger partial charge in [0, 0.05) is 42.8 Å². The summed E-state index contributed by atoms with van der Waals surface area (Å²) in [4.78, 5) is 8.46. The van der Waals surface area contributed by atoms with Crippen molar-refractivity contribution in [1.82, 2.24) is 14.8 Å². The molecule has 24 heavy (non-hydrogen) atoms. The highest BCUT2D eigenvalue weighted by molar-refractivity contribution is 5.85. The molecule has 1 aromatic carbocycles. The Morgan fingerprint density at radius 1 is 1.08 bits per heavy atom. The molecule has 2 aromatic rings. The summed E-state index contributed by atoms with van der Waals surface area (Å²) in [6.07, 6.45) is 8.74. The molecule has 0 aliphatic carbocycles. The lowest BCUT2D eigenvalue weighted by molar-refractivity contribution is 0.0713. The fourth-order valence-corrected chi connectivity index (χ4v) is 4.22. The highest BCUT2D eigenvalue weighted by Crippen LogP contribution is 2.28. The van der Waals surface area contributed by atoms with Crippen molar-refractivity contribution < 1.29 is 4.74 Å². The number of ether oxygens (including phenoxy) is 1. The Bertz CT molecular complexity index is 660. The van der Waals surface area contributed by atoms with Crippen molar-refractivity contribution in [3.05, 3.63) is 30.5 Å². The molecule has 4 heteroatoms. The summed E-state index contributed by atoms with van der Waals surface area (Å²) in [5, 5.41) is 1.20. The molecular formula is C20H29N3O. The van der Waals surface area contributed by atoms with Gasteiger partial charge >= 0.3 is 0 Å². The summed E-state index contributed by atoms with van der Waals surface area (Å²) >= 11 is 0. The van der Waals surface area contributed by atoms with Crippen LogP contribution in [-0.2, 0) is 0 Å². The SMILES string of the molecule is CN1CCCCC1CN1CCC(Oc2cccc3[nH]ccc23)CC1. The number of hydrogen-bond acceptors (Lipinski definition) is 3. The Balaban J connectivity index is 1.31. The van der Waals surface area contributed by atoms with Crippen LogP contribution in [0.15, 0.2) is 30.5 Å². The van der Waals surface area contributed by atoms with E-state index in [9.17, 15) is 0 Å². The Kier molecular flexibility index (Phi) is 4.76. The zero-order chi connectivity index (χ0) is 16.4. The number of likely N-dealkylation sites (N-methyl/N-ethyl adjacent to an activating group) is 1. The molecule has 0 radical (unpaired) electrons. The smallest absolute Gasteiger partial charge is 0.129 e. The standard InChI is InChI=1S/C20H29N3O/c1-22-12-3-2-5-16(22)15-23-13-9-17(10-14-23)24-20-7-4-6-19-18(20)8-11-21-19/h4,6-8,11,16-17,21H,2-3,5,9-10,12-15H2,1H3. The maximum atomic E-state index is 6.33. The van der Waals surface area contributed by atoms with Gasteiger partial charge in [-0.3, -0.25) is 0 Å². The second-order valence-corrected chi connectivity index (χ2v) is 7.44. The lowest BCUT2D eigenvalue weighted by Crippen LogP contribution is -2.48. The van der Waals surface area contributed by atoms with Gasteiger partial charge in [0.05, 0.1) is 0 Å². The van der Waals surface area contributed by atoms with Crippen molar-refractivity contribution in [3.63, 3.8) is 0 Å². The first-order valence-corrected chi connectivity index (χ1v) is 9.45. The number of nitrogens with zero attached hydrogens (tertiary/aromatic N) is 2. The van der Waals surface area contributed by atoms with Crippen LogP contribution >= 0.6 is 0 Å². The molecule has 3 heterocycles. The van der Waals surface area contributed by atoms with E-state index < -0.39 is 0 Å². The van der Waals surface area contributed by atoms with Crippen LogP contribution in [0.1, 0.15) is 32.1 Å². The molecule has 0 saturated carbocycles. The predicted molar refractivity (Wildman–Crippen MR) is 98.7 cm³/mol. The van der Waals surface area contributed by atoms with E-state index in [0.717, 1.165) is 43.2 Å². The molecule has 1 aromatic heterocycles. The van der Waals surface area contributed by atoms with Gasteiger partial charge in [0.15, 0.2) is 0 Å². The maximum absolute atomic E-state index is 6.33. The average molecular weight is 327 g/mol. The predicted octanol–water partition coefficient (Wildman–Crippen LogP) is 3.50. The summed E-state index contributed by atoms with van der Waals surface area (Å²) in [5.41, 5.74) is 1.16. The lowest BCUT2D eigenvalue weighted by Gasteiger charge is -2.39. The van der Waals surface area contributed by atoms with Gasteiger partial charge in [-0.25, -0.2) is 0 Å². The van der Waals surface area contributed by atoms with E-state index in [-0.39, 0.29) is 0 Å². The van der Waals surface area contributed by atoms with Crippen LogP contribution in [0, 0.1) is 0 Å². The molecule has 4 rings (SSSR count). The third-order valence-corrected chi connectivity index (χ3v) is 5.77. The van der Waals surface area contributed by atoms with Gasteiger partial charge < -0.3 is 19.5 Å². The van der Waals surface area contributed by atoms with Crippen molar-refractivity contribution in [3.8, 4) is 5.75 Å². The maximum Gasteiger partial charge on any atom is 0.129 e. The van der Waals surface area contributed by atoms with E-state index in [2.05, 4.69) is 46.1 Å². The first kappa shape index (κ1) is 16.0. The minimum Gasteiger partial charge on any atom is -0.490 e. The second-order valence-electron chi connectivity index (χ2n) is 7.44. The third-order valence-electron chi connectivity index (χ3n) is 5.77. The number of aromatic amines is 1. The number of nitrogens with one attached hydrogen (secondary N) is 1. The molecule has 0 spiro atoms. The van der Waals surface area contributed by atoms with Gasteiger partial charge in [-0.15, -0.1) is 0 Å². The highest BCUT2D eigenvalue weighted by Gasteiger charge is 2.26. The quantitative estimate of drug-likeness (QED) is 0.933. The van der Waals surface area contributed by atoms with E-state index in [4.69, 9.17) is 4.74 Å². The number of fused-ring (bicyclic) bond motifs is 1. The molecule has 1 atom stereocenters. The summed E-state index contributed by atoms with van der Waals surface area (Å²) in [7, 11) is 2.29. The topological polar surface area (TPSA) is 31.5 Å².